The van der Waals surface area contributed by atoms with Crippen molar-refractivity contribution in [3.63, 3.8) is 0 Å². The molecule has 0 unspecified atom stereocenters. The van der Waals surface area contributed by atoms with Gasteiger partial charge in [-0.3, -0.25) is 19.6 Å². The molecule has 1 N–H and O–H groups in total. The van der Waals surface area contributed by atoms with Crippen LogP contribution in [0.2, 0.25) is 0 Å². The SMILES string of the molecule is CCCN1C(=O)c2ccc(C(=O)Nc3ccc4nccnc4c3)cc2S1(=O)=O. The summed E-state index contributed by atoms with van der Waals surface area (Å²) < 4.78 is 26.1. The van der Waals surface area contributed by atoms with Crippen molar-refractivity contribution in [1.29, 1.82) is 0 Å². The van der Waals surface area contributed by atoms with Crippen LogP contribution in [-0.4, -0.2) is 41.1 Å². The molecule has 142 valence electrons. The highest BCUT2D eigenvalue weighted by Gasteiger charge is 2.40. The summed E-state index contributed by atoms with van der Waals surface area (Å²) in [6, 6.07) is 9.16. The van der Waals surface area contributed by atoms with Crippen LogP contribution in [0, 0.1) is 0 Å². The summed E-state index contributed by atoms with van der Waals surface area (Å²) in [4.78, 5) is 33.2. The Morgan fingerprint density at radius 2 is 1.82 bits per heavy atom. The zero-order chi connectivity index (χ0) is 19.9. The molecule has 0 fully saturated rings. The van der Waals surface area contributed by atoms with Gasteiger partial charge in [0.25, 0.3) is 21.8 Å². The van der Waals surface area contributed by atoms with Crippen molar-refractivity contribution >= 4 is 38.6 Å². The lowest BCUT2D eigenvalue weighted by atomic mass is 10.1. The molecule has 2 heterocycles. The van der Waals surface area contributed by atoms with Gasteiger partial charge in [0, 0.05) is 30.2 Å². The Bertz CT molecular complexity index is 1220. The number of benzene rings is 2. The molecular formula is C19H16N4O4S. The first-order chi connectivity index (χ1) is 13.4. The Hall–Kier alpha value is -3.33. The maximum atomic E-state index is 12.6. The van der Waals surface area contributed by atoms with Crippen molar-refractivity contribution in [3.8, 4) is 0 Å². The maximum absolute atomic E-state index is 12.6. The highest BCUT2D eigenvalue weighted by Crippen LogP contribution is 2.31. The predicted octanol–water partition coefficient (Wildman–Crippen LogP) is 2.44. The van der Waals surface area contributed by atoms with E-state index in [-0.39, 0.29) is 22.6 Å². The minimum absolute atomic E-state index is 0.0889. The lowest BCUT2D eigenvalue weighted by Gasteiger charge is -2.13. The average Bonchev–Trinajstić information content (AvgIpc) is 2.88. The summed E-state index contributed by atoms with van der Waals surface area (Å²) in [6.07, 6.45) is 3.64. The smallest absolute Gasteiger partial charge is 0.269 e. The lowest BCUT2D eigenvalue weighted by Crippen LogP contribution is -2.30. The Kier molecular flexibility index (Phi) is 4.31. The number of amides is 2. The van der Waals surface area contributed by atoms with E-state index in [1.165, 1.54) is 18.2 Å². The summed E-state index contributed by atoms with van der Waals surface area (Å²) in [6.45, 7) is 1.90. The number of nitrogens with zero attached hydrogens (tertiary/aromatic N) is 3. The highest BCUT2D eigenvalue weighted by molar-refractivity contribution is 7.90. The van der Waals surface area contributed by atoms with Crippen LogP contribution in [0.25, 0.3) is 11.0 Å². The third-order valence-corrected chi connectivity index (χ3v) is 6.24. The Morgan fingerprint density at radius 1 is 1.07 bits per heavy atom. The molecule has 28 heavy (non-hydrogen) atoms. The third kappa shape index (κ3) is 2.89. The predicted molar refractivity (Wildman–Crippen MR) is 102 cm³/mol. The van der Waals surface area contributed by atoms with Gasteiger partial charge < -0.3 is 5.32 Å². The standard InChI is InChI=1S/C19H16N4O4S/c1-2-9-23-19(25)14-5-3-12(10-17(14)28(23,26)27)18(24)22-13-4-6-15-16(11-13)21-8-7-20-15/h3-8,10-11H,2,9H2,1H3,(H,22,24). The molecule has 2 amide bonds. The molecule has 0 atom stereocenters. The molecule has 4 rings (SSSR count). The Morgan fingerprint density at radius 3 is 2.57 bits per heavy atom. The molecule has 3 aromatic rings. The zero-order valence-corrected chi connectivity index (χ0v) is 15.7. The largest absolute Gasteiger partial charge is 0.322 e. The molecule has 1 aliphatic rings. The second-order valence-electron chi connectivity index (χ2n) is 6.31. The molecule has 0 saturated heterocycles. The van der Waals surface area contributed by atoms with Gasteiger partial charge in [-0.2, -0.15) is 0 Å². The van der Waals surface area contributed by atoms with Gasteiger partial charge in [-0.1, -0.05) is 6.92 Å². The Labute approximate surface area is 161 Å². The fourth-order valence-corrected chi connectivity index (χ4v) is 4.77. The van der Waals surface area contributed by atoms with Crippen molar-refractivity contribution < 1.29 is 18.0 Å². The number of carbonyl (C=O) groups is 2. The molecule has 1 aliphatic heterocycles. The van der Waals surface area contributed by atoms with Gasteiger partial charge in [0.05, 0.1) is 16.6 Å². The number of nitrogens with one attached hydrogen (secondary N) is 1. The van der Waals surface area contributed by atoms with Crippen LogP contribution in [0.1, 0.15) is 34.1 Å². The molecule has 0 aliphatic carbocycles. The number of aromatic nitrogens is 2. The summed E-state index contributed by atoms with van der Waals surface area (Å²) in [5.41, 5.74) is 2.06. The third-order valence-electron chi connectivity index (χ3n) is 4.42. The van der Waals surface area contributed by atoms with Gasteiger partial charge in [0.2, 0.25) is 0 Å². The van der Waals surface area contributed by atoms with Gasteiger partial charge in [-0.25, -0.2) is 12.7 Å². The summed E-state index contributed by atoms with van der Waals surface area (Å²) in [5.74, 6) is -1.04. The Balaban J connectivity index is 1.65. The van der Waals surface area contributed by atoms with Crippen LogP contribution in [0.4, 0.5) is 5.69 Å². The number of carbonyl (C=O) groups excluding carboxylic acids is 2. The number of anilines is 1. The van der Waals surface area contributed by atoms with E-state index in [1.807, 2.05) is 0 Å². The van der Waals surface area contributed by atoms with E-state index in [0.717, 1.165) is 4.31 Å². The van der Waals surface area contributed by atoms with Crippen molar-refractivity contribution in [2.24, 2.45) is 0 Å². The topological polar surface area (TPSA) is 109 Å². The number of fused-ring (bicyclic) bond motifs is 2. The molecule has 0 saturated carbocycles. The van der Waals surface area contributed by atoms with Crippen LogP contribution >= 0.6 is 0 Å². The number of sulfonamides is 1. The van der Waals surface area contributed by atoms with Gasteiger partial charge >= 0.3 is 0 Å². The molecule has 0 bridgehead atoms. The monoisotopic (exact) mass is 396 g/mol. The van der Waals surface area contributed by atoms with E-state index >= 15 is 0 Å². The van der Waals surface area contributed by atoms with Crippen molar-refractivity contribution in [1.82, 2.24) is 14.3 Å². The van der Waals surface area contributed by atoms with Crippen molar-refractivity contribution in [2.75, 3.05) is 11.9 Å². The van der Waals surface area contributed by atoms with E-state index < -0.39 is 21.8 Å². The minimum Gasteiger partial charge on any atom is -0.322 e. The summed E-state index contributed by atoms with van der Waals surface area (Å²) >= 11 is 0. The van der Waals surface area contributed by atoms with E-state index in [0.29, 0.717) is 23.1 Å². The van der Waals surface area contributed by atoms with Crippen LogP contribution in [0.15, 0.2) is 53.7 Å². The number of rotatable bonds is 4. The maximum Gasteiger partial charge on any atom is 0.269 e. The molecule has 2 aromatic carbocycles. The van der Waals surface area contributed by atoms with Crippen molar-refractivity contribution in [2.45, 2.75) is 18.2 Å². The van der Waals surface area contributed by atoms with Gasteiger partial charge in [0.15, 0.2) is 0 Å². The van der Waals surface area contributed by atoms with Crippen molar-refractivity contribution in [3.05, 3.63) is 59.9 Å². The normalized spacial score (nSPS) is 14.9. The zero-order valence-electron chi connectivity index (χ0n) is 14.9. The van der Waals surface area contributed by atoms with E-state index in [2.05, 4.69) is 15.3 Å². The van der Waals surface area contributed by atoms with Crippen LogP contribution in [0.3, 0.4) is 0 Å². The van der Waals surface area contributed by atoms with Crippen LogP contribution in [0.5, 0.6) is 0 Å². The molecular weight excluding hydrogens is 380 g/mol. The first-order valence-corrected chi connectivity index (χ1v) is 10.1. The molecule has 9 heteroatoms. The fraction of sp³-hybridized carbons (Fsp3) is 0.158. The minimum atomic E-state index is -3.93. The van der Waals surface area contributed by atoms with E-state index in [9.17, 15) is 18.0 Å². The van der Waals surface area contributed by atoms with E-state index in [4.69, 9.17) is 0 Å². The molecule has 8 nitrogen and oxygen atoms in total. The van der Waals surface area contributed by atoms with Gasteiger partial charge in [0.1, 0.15) is 4.90 Å². The molecule has 1 aromatic heterocycles. The summed E-state index contributed by atoms with van der Waals surface area (Å²) in [7, 11) is -3.93. The highest BCUT2D eigenvalue weighted by atomic mass is 32.2. The molecule has 0 spiro atoms. The first-order valence-electron chi connectivity index (χ1n) is 8.65. The van der Waals surface area contributed by atoms with Gasteiger partial charge in [-0.15, -0.1) is 0 Å². The second kappa shape index (κ2) is 6.68. The average molecular weight is 396 g/mol. The quantitative estimate of drug-likeness (QED) is 0.725. The molecule has 0 radical (unpaired) electrons. The number of hydrogen-bond acceptors (Lipinski definition) is 6. The summed E-state index contributed by atoms with van der Waals surface area (Å²) in [5, 5.41) is 2.72. The first kappa shape index (κ1) is 18.1. The fourth-order valence-electron chi connectivity index (χ4n) is 3.09. The number of hydrogen-bond donors (Lipinski definition) is 1. The lowest BCUT2D eigenvalue weighted by molar-refractivity contribution is 0.0870. The second-order valence-corrected chi connectivity index (χ2v) is 8.14. The van der Waals surface area contributed by atoms with Crippen LogP contribution < -0.4 is 5.32 Å². The van der Waals surface area contributed by atoms with E-state index in [1.54, 1.807) is 37.5 Å². The van der Waals surface area contributed by atoms with Gasteiger partial charge in [-0.05, 0) is 42.8 Å². The van der Waals surface area contributed by atoms with Crippen LogP contribution in [-0.2, 0) is 10.0 Å².